The molecule has 1 amide bonds. The molecule has 1 N–H and O–H groups in total. The number of nitrogens with one attached hydrogen (secondary N) is 1. The first-order valence-electron chi connectivity index (χ1n) is 9.39. The lowest BCUT2D eigenvalue weighted by atomic mass is 9.87. The van der Waals surface area contributed by atoms with E-state index in [2.05, 4.69) is 4.98 Å². The van der Waals surface area contributed by atoms with Crippen molar-refractivity contribution in [3.8, 4) is 0 Å². The Morgan fingerprint density at radius 1 is 1.21 bits per heavy atom. The number of carbonyl (C=O) groups excluding carboxylic acids is 1. The highest BCUT2D eigenvalue weighted by Gasteiger charge is 2.26. The van der Waals surface area contributed by atoms with E-state index < -0.39 is 4.92 Å². The van der Waals surface area contributed by atoms with E-state index in [-0.39, 0.29) is 23.9 Å². The van der Waals surface area contributed by atoms with Gasteiger partial charge in [-0.1, -0.05) is 23.7 Å². The van der Waals surface area contributed by atoms with Gasteiger partial charge in [-0.2, -0.15) is 0 Å². The zero-order valence-corrected chi connectivity index (χ0v) is 16.4. The Labute approximate surface area is 172 Å². The maximum Gasteiger partial charge on any atom is 0.270 e. The molecular weight excluding hydrogens is 394 g/mol. The second-order valence-corrected chi connectivity index (χ2v) is 7.47. The Balaban J connectivity index is 1.74. The van der Waals surface area contributed by atoms with Crippen LogP contribution < -0.4 is 0 Å². The summed E-state index contributed by atoms with van der Waals surface area (Å²) in [6.45, 7) is 2.23. The van der Waals surface area contributed by atoms with E-state index in [1.807, 2.05) is 23.2 Å². The van der Waals surface area contributed by atoms with Gasteiger partial charge in [0.1, 0.15) is 0 Å². The van der Waals surface area contributed by atoms with Gasteiger partial charge in [-0.3, -0.25) is 14.9 Å². The number of fused-ring (bicyclic) bond motifs is 1. The predicted molar refractivity (Wildman–Crippen MR) is 110 cm³/mol. The lowest BCUT2D eigenvalue weighted by Crippen LogP contribution is -2.41. The lowest BCUT2D eigenvalue weighted by Gasteiger charge is -2.28. The first-order chi connectivity index (χ1) is 14.0. The van der Waals surface area contributed by atoms with E-state index in [0.717, 1.165) is 22.0 Å². The van der Waals surface area contributed by atoms with Crippen molar-refractivity contribution in [1.82, 2.24) is 9.88 Å². The van der Waals surface area contributed by atoms with Gasteiger partial charge in [0.15, 0.2) is 0 Å². The summed E-state index contributed by atoms with van der Waals surface area (Å²) in [5.74, 6) is -0.216. The fourth-order valence-electron chi connectivity index (χ4n) is 3.75. The van der Waals surface area contributed by atoms with Crippen molar-refractivity contribution in [2.24, 2.45) is 0 Å². The minimum Gasteiger partial charge on any atom is -0.378 e. The number of rotatable bonds is 5. The summed E-state index contributed by atoms with van der Waals surface area (Å²) in [5, 5.41) is 12.6. The molecule has 3 aromatic rings. The third kappa shape index (κ3) is 4.11. The number of hydrogen-bond acceptors (Lipinski definition) is 4. The standard InChI is InChI=1S/C21H20ClN3O4/c22-15-3-1-14(2-4-15)17(12-21(26)24-7-9-29-10-8-24)19-13-23-20-6-5-16(25(27)28)11-18(19)20/h1-6,11,13,17,23H,7-10,12H2. The molecule has 8 heteroatoms. The van der Waals surface area contributed by atoms with E-state index >= 15 is 0 Å². The Kier molecular flexibility index (Phi) is 5.51. The van der Waals surface area contributed by atoms with Crippen LogP contribution in [0, 0.1) is 10.1 Å². The van der Waals surface area contributed by atoms with Gasteiger partial charge in [0.25, 0.3) is 5.69 Å². The Morgan fingerprint density at radius 3 is 2.62 bits per heavy atom. The summed E-state index contributed by atoms with van der Waals surface area (Å²) in [4.78, 5) is 28.8. The second-order valence-electron chi connectivity index (χ2n) is 7.03. The first kappa shape index (κ1) is 19.4. The molecule has 4 rings (SSSR count). The maximum atomic E-state index is 13.0. The number of ether oxygens (including phenoxy) is 1. The van der Waals surface area contributed by atoms with Crippen LogP contribution in [0.25, 0.3) is 10.9 Å². The van der Waals surface area contributed by atoms with Crippen molar-refractivity contribution in [2.45, 2.75) is 12.3 Å². The summed E-state index contributed by atoms with van der Waals surface area (Å²) >= 11 is 6.05. The van der Waals surface area contributed by atoms with Crippen molar-refractivity contribution in [3.05, 3.63) is 74.9 Å². The smallest absolute Gasteiger partial charge is 0.270 e. The number of hydrogen-bond donors (Lipinski definition) is 1. The number of H-pyrrole nitrogens is 1. The van der Waals surface area contributed by atoms with E-state index in [0.29, 0.717) is 31.3 Å². The van der Waals surface area contributed by atoms with Crippen LogP contribution >= 0.6 is 11.6 Å². The van der Waals surface area contributed by atoms with Crippen LogP contribution in [-0.2, 0) is 9.53 Å². The zero-order valence-electron chi connectivity index (χ0n) is 15.6. The average molecular weight is 414 g/mol. The summed E-state index contributed by atoms with van der Waals surface area (Å²) in [5.41, 5.74) is 2.60. The maximum absolute atomic E-state index is 13.0. The van der Waals surface area contributed by atoms with Crippen LogP contribution in [0.1, 0.15) is 23.5 Å². The lowest BCUT2D eigenvalue weighted by molar-refractivity contribution is -0.384. The highest BCUT2D eigenvalue weighted by Crippen LogP contribution is 2.35. The number of amides is 1. The number of aromatic amines is 1. The van der Waals surface area contributed by atoms with Crippen molar-refractivity contribution >= 4 is 34.1 Å². The number of carbonyl (C=O) groups is 1. The Morgan fingerprint density at radius 2 is 1.93 bits per heavy atom. The summed E-state index contributed by atoms with van der Waals surface area (Å²) in [6.07, 6.45) is 2.09. The molecule has 1 aliphatic heterocycles. The van der Waals surface area contributed by atoms with Crippen LogP contribution in [0.3, 0.4) is 0 Å². The number of aromatic nitrogens is 1. The molecule has 0 radical (unpaired) electrons. The highest BCUT2D eigenvalue weighted by atomic mass is 35.5. The zero-order chi connectivity index (χ0) is 20.4. The van der Waals surface area contributed by atoms with Crippen molar-refractivity contribution in [2.75, 3.05) is 26.3 Å². The fourth-order valence-corrected chi connectivity index (χ4v) is 3.88. The molecule has 0 aliphatic carbocycles. The van der Waals surface area contributed by atoms with Gasteiger partial charge >= 0.3 is 0 Å². The number of nitro benzene ring substituents is 1. The Bertz CT molecular complexity index is 1040. The number of nitrogens with zero attached hydrogens (tertiary/aromatic N) is 2. The van der Waals surface area contributed by atoms with E-state index in [1.165, 1.54) is 6.07 Å². The molecule has 0 saturated carbocycles. The van der Waals surface area contributed by atoms with E-state index in [9.17, 15) is 14.9 Å². The van der Waals surface area contributed by atoms with Crippen molar-refractivity contribution in [1.29, 1.82) is 0 Å². The predicted octanol–water partition coefficient (Wildman–Crippen LogP) is 4.11. The summed E-state index contributed by atoms with van der Waals surface area (Å²) in [6, 6.07) is 12.1. The quantitative estimate of drug-likeness (QED) is 0.503. The number of non-ortho nitro benzene ring substituents is 1. The van der Waals surface area contributed by atoms with Gasteiger partial charge in [-0.15, -0.1) is 0 Å². The largest absolute Gasteiger partial charge is 0.378 e. The van der Waals surface area contributed by atoms with Crippen LogP contribution in [-0.4, -0.2) is 47.0 Å². The van der Waals surface area contributed by atoms with Crippen LogP contribution in [0.4, 0.5) is 5.69 Å². The monoisotopic (exact) mass is 413 g/mol. The topological polar surface area (TPSA) is 88.5 Å². The van der Waals surface area contributed by atoms with Gasteiger partial charge in [-0.25, -0.2) is 0 Å². The number of morpholine rings is 1. The third-order valence-corrected chi connectivity index (χ3v) is 5.55. The molecule has 1 saturated heterocycles. The van der Waals surface area contributed by atoms with Crippen LogP contribution in [0.15, 0.2) is 48.7 Å². The molecule has 150 valence electrons. The van der Waals surface area contributed by atoms with Crippen molar-refractivity contribution in [3.63, 3.8) is 0 Å². The molecule has 29 heavy (non-hydrogen) atoms. The number of halogens is 1. The van der Waals surface area contributed by atoms with Gasteiger partial charge in [0.05, 0.1) is 18.1 Å². The average Bonchev–Trinajstić information content (AvgIpc) is 3.16. The second kappa shape index (κ2) is 8.23. The minimum absolute atomic E-state index is 0.0210. The van der Waals surface area contributed by atoms with Gasteiger partial charge in [0, 0.05) is 59.7 Å². The van der Waals surface area contributed by atoms with Crippen LogP contribution in [0.2, 0.25) is 5.02 Å². The van der Waals surface area contributed by atoms with Gasteiger partial charge in [0.2, 0.25) is 5.91 Å². The highest BCUT2D eigenvalue weighted by molar-refractivity contribution is 6.30. The summed E-state index contributed by atoms with van der Waals surface area (Å²) in [7, 11) is 0. The Hall–Kier alpha value is -2.90. The molecule has 7 nitrogen and oxygen atoms in total. The molecule has 0 spiro atoms. The SMILES string of the molecule is O=C(CC(c1ccc(Cl)cc1)c1c[nH]c2ccc([N+](=O)[O-])cc12)N1CCOCC1. The molecule has 2 heterocycles. The van der Waals surface area contributed by atoms with Crippen LogP contribution in [0.5, 0.6) is 0 Å². The molecule has 1 aromatic heterocycles. The fraction of sp³-hybridized carbons (Fsp3) is 0.286. The third-order valence-electron chi connectivity index (χ3n) is 5.30. The number of nitro groups is 1. The molecule has 1 fully saturated rings. The molecule has 1 atom stereocenters. The molecular formula is C21H20ClN3O4. The van der Waals surface area contributed by atoms with E-state index in [4.69, 9.17) is 16.3 Å². The molecule has 1 unspecified atom stereocenters. The molecule has 0 bridgehead atoms. The molecule has 1 aliphatic rings. The summed E-state index contributed by atoms with van der Waals surface area (Å²) < 4.78 is 5.34. The number of benzene rings is 2. The normalized spacial score (nSPS) is 15.4. The minimum atomic E-state index is -0.410. The first-order valence-corrected chi connectivity index (χ1v) is 9.77. The van der Waals surface area contributed by atoms with Gasteiger partial charge in [-0.05, 0) is 29.3 Å². The van der Waals surface area contributed by atoms with Crippen molar-refractivity contribution < 1.29 is 14.5 Å². The van der Waals surface area contributed by atoms with E-state index in [1.54, 1.807) is 24.3 Å². The van der Waals surface area contributed by atoms with Gasteiger partial charge < -0.3 is 14.6 Å². The molecule has 2 aromatic carbocycles.